The second-order valence-electron chi connectivity index (χ2n) is 3.05. The first kappa shape index (κ1) is 12.0. The number of nitrogens with two attached hydrogens (primary N) is 1. The largest absolute Gasteiger partial charge is 0.398 e. The zero-order valence-corrected chi connectivity index (χ0v) is 11.3. The topological polar surface area (TPSA) is 38.9 Å². The van der Waals surface area contributed by atoms with Gasteiger partial charge in [-0.25, -0.2) is 4.98 Å². The Bertz CT molecular complexity index is 499. The van der Waals surface area contributed by atoms with Crippen LogP contribution in [0.15, 0.2) is 29.3 Å². The number of nitrogens with zero attached hydrogens (tertiary/aromatic N) is 1. The summed E-state index contributed by atoms with van der Waals surface area (Å²) in [5.74, 6) is 0.816. The quantitative estimate of drug-likeness (QED) is 0.676. The van der Waals surface area contributed by atoms with Gasteiger partial charge >= 0.3 is 0 Å². The summed E-state index contributed by atoms with van der Waals surface area (Å²) in [7, 11) is 0. The lowest BCUT2D eigenvalue weighted by atomic mass is 10.3. The molecule has 6 heteroatoms. The fraction of sp³-hybridized carbons (Fsp3) is 0.100. The number of rotatable bonds is 3. The molecular formula is C10H8Cl2N2S2. The van der Waals surface area contributed by atoms with Gasteiger partial charge in [0.05, 0.1) is 0 Å². The molecule has 0 spiro atoms. The van der Waals surface area contributed by atoms with Crippen molar-refractivity contribution in [1.82, 2.24) is 4.98 Å². The van der Waals surface area contributed by atoms with E-state index in [1.54, 1.807) is 24.0 Å². The molecule has 2 N–H and O–H groups in total. The summed E-state index contributed by atoms with van der Waals surface area (Å²) >= 11 is 14.7. The molecule has 0 radical (unpaired) electrons. The van der Waals surface area contributed by atoms with Crippen LogP contribution in [0.4, 0.5) is 5.69 Å². The Labute approximate surface area is 112 Å². The molecule has 1 aromatic carbocycles. The van der Waals surface area contributed by atoms with Gasteiger partial charge in [-0.2, -0.15) is 0 Å². The summed E-state index contributed by atoms with van der Waals surface area (Å²) < 4.78 is 0.569. The standard InChI is InChI=1S/C10H8Cl2N2S2/c11-6-1-2-9(8(13)3-6)15-5-7-4-14-10(12)16-7/h1-4H,5,13H2. The Morgan fingerprint density at radius 1 is 1.38 bits per heavy atom. The van der Waals surface area contributed by atoms with Gasteiger partial charge in [0.2, 0.25) is 0 Å². The van der Waals surface area contributed by atoms with Gasteiger partial charge in [0.25, 0.3) is 0 Å². The van der Waals surface area contributed by atoms with Crippen LogP contribution in [0, 0.1) is 0 Å². The van der Waals surface area contributed by atoms with E-state index >= 15 is 0 Å². The van der Waals surface area contributed by atoms with Crippen LogP contribution in [0.25, 0.3) is 0 Å². The maximum Gasteiger partial charge on any atom is 0.183 e. The number of thioether (sulfide) groups is 1. The lowest BCUT2D eigenvalue weighted by Gasteiger charge is -2.04. The molecule has 0 amide bonds. The fourth-order valence-electron chi connectivity index (χ4n) is 1.15. The molecule has 2 aromatic rings. The van der Waals surface area contributed by atoms with Crippen molar-refractivity contribution in [2.75, 3.05) is 5.73 Å². The predicted molar refractivity (Wildman–Crippen MR) is 72.5 cm³/mol. The number of halogens is 2. The van der Waals surface area contributed by atoms with Crippen LogP contribution in [0.1, 0.15) is 4.88 Å². The number of thiazole rings is 1. The van der Waals surface area contributed by atoms with Crippen molar-refractivity contribution < 1.29 is 0 Å². The van der Waals surface area contributed by atoms with E-state index in [9.17, 15) is 0 Å². The second kappa shape index (κ2) is 5.27. The van der Waals surface area contributed by atoms with Crippen LogP contribution in [-0.2, 0) is 5.75 Å². The predicted octanol–water partition coefficient (Wildman–Crippen LogP) is 4.32. The highest BCUT2D eigenvalue weighted by Crippen LogP contribution is 2.32. The molecule has 0 saturated heterocycles. The Morgan fingerprint density at radius 2 is 2.19 bits per heavy atom. The lowest BCUT2D eigenvalue weighted by molar-refractivity contribution is 1.36. The Kier molecular flexibility index (Phi) is 3.97. The molecule has 0 fully saturated rings. The van der Waals surface area contributed by atoms with Crippen LogP contribution >= 0.6 is 46.3 Å². The summed E-state index contributed by atoms with van der Waals surface area (Å²) in [5.41, 5.74) is 6.55. The van der Waals surface area contributed by atoms with Crippen LogP contribution in [0.2, 0.25) is 9.49 Å². The first-order valence-corrected chi connectivity index (χ1v) is 6.99. The molecule has 0 aliphatic heterocycles. The summed E-state index contributed by atoms with van der Waals surface area (Å²) in [6.45, 7) is 0. The van der Waals surface area contributed by atoms with Crippen LogP contribution in [0.5, 0.6) is 0 Å². The third-order valence-corrected chi connectivity index (χ3v) is 4.54. The Morgan fingerprint density at radius 3 is 2.81 bits per heavy atom. The van der Waals surface area contributed by atoms with Crippen molar-refractivity contribution in [3.8, 4) is 0 Å². The molecule has 1 aromatic heterocycles. The zero-order valence-electron chi connectivity index (χ0n) is 8.11. The summed E-state index contributed by atoms with van der Waals surface area (Å²) in [6.07, 6.45) is 1.78. The van der Waals surface area contributed by atoms with Gasteiger partial charge in [0.1, 0.15) is 0 Å². The molecule has 0 saturated carbocycles. The number of aromatic nitrogens is 1. The van der Waals surface area contributed by atoms with Gasteiger partial charge in [0, 0.05) is 32.4 Å². The van der Waals surface area contributed by atoms with Crippen LogP contribution < -0.4 is 5.73 Å². The molecule has 0 aliphatic carbocycles. The number of benzene rings is 1. The second-order valence-corrected chi connectivity index (χ2v) is 6.20. The van der Waals surface area contributed by atoms with Crippen molar-refractivity contribution in [1.29, 1.82) is 0 Å². The van der Waals surface area contributed by atoms with Crippen molar-refractivity contribution in [3.05, 3.63) is 38.8 Å². The summed E-state index contributed by atoms with van der Waals surface area (Å²) in [5, 5.41) is 0.655. The minimum Gasteiger partial charge on any atom is -0.398 e. The third-order valence-electron chi connectivity index (χ3n) is 1.87. The monoisotopic (exact) mass is 290 g/mol. The van der Waals surface area contributed by atoms with Crippen molar-refractivity contribution in [2.24, 2.45) is 0 Å². The average Bonchev–Trinajstić information content (AvgIpc) is 2.63. The maximum atomic E-state index is 5.85. The van der Waals surface area contributed by atoms with Crippen LogP contribution in [-0.4, -0.2) is 4.98 Å². The van der Waals surface area contributed by atoms with E-state index in [0.29, 0.717) is 15.2 Å². The minimum absolute atomic E-state index is 0.569. The highest BCUT2D eigenvalue weighted by molar-refractivity contribution is 7.98. The van der Waals surface area contributed by atoms with Crippen molar-refractivity contribution in [3.63, 3.8) is 0 Å². The highest BCUT2D eigenvalue weighted by Gasteiger charge is 2.04. The molecule has 16 heavy (non-hydrogen) atoms. The summed E-state index contributed by atoms with van der Waals surface area (Å²) in [4.78, 5) is 6.13. The van der Waals surface area contributed by atoms with Gasteiger partial charge in [-0.1, -0.05) is 23.2 Å². The third kappa shape index (κ3) is 3.04. The number of hydrogen-bond donors (Lipinski definition) is 1. The Balaban J connectivity index is 2.04. The smallest absolute Gasteiger partial charge is 0.183 e. The summed E-state index contributed by atoms with van der Waals surface area (Å²) in [6, 6.07) is 5.51. The van der Waals surface area contributed by atoms with Gasteiger partial charge in [0.15, 0.2) is 4.47 Å². The normalized spacial score (nSPS) is 10.6. The van der Waals surface area contributed by atoms with Gasteiger partial charge < -0.3 is 5.73 Å². The van der Waals surface area contributed by atoms with Gasteiger partial charge in [-0.05, 0) is 18.2 Å². The fourth-order valence-corrected chi connectivity index (χ4v) is 3.28. The van der Waals surface area contributed by atoms with Crippen LogP contribution in [0.3, 0.4) is 0 Å². The first-order valence-electron chi connectivity index (χ1n) is 4.43. The average molecular weight is 291 g/mol. The molecule has 0 unspecified atom stereocenters. The molecule has 84 valence electrons. The lowest BCUT2D eigenvalue weighted by Crippen LogP contribution is -1.88. The number of anilines is 1. The van der Waals surface area contributed by atoms with E-state index in [0.717, 1.165) is 15.5 Å². The molecule has 2 nitrogen and oxygen atoms in total. The number of hydrogen-bond acceptors (Lipinski definition) is 4. The van der Waals surface area contributed by atoms with E-state index in [4.69, 9.17) is 28.9 Å². The molecular weight excluding hydrogens is 283 g/mol. The SMILES string of the molecule is Nc1cc(Cl)ccc1SCc1cnc(Cl)s1. The van der Waals surface area contributed by atoms with E-state index in [-0.39, 0.29) is 0 Å². The minimum atomic E-state index is 0.569. The Hall–Kier alpha value is -0.420. The van der Waals surface area contributed by atoms with E-state index in [2.05, 4.69) is 4.98 Å². The molecule has 0 aliphatic rings. The molecule has 0 atom stereocenters. The zero-order chi connectivity index (χ0) is 11.5. The van der Waals surface area contributed by atoms with E-state index in [1.165, 1.54) is 11.3 Å². The molecule has 2 rings (SSSR count). The van der Waals surface area contributed by atoms with E-state index in [1.807, 2.05) is 12.1 Å². The highest BCUT2D eigenvalue weighted by atomic mass is 35.5. The van der Waals surface area contributed by atoms with E-state index < -0.39 is 0 Å². The van der Waals surface area contributed by atoms with Gasteiger partial charge in [-0.3, -0.25) is 0 Å². The molecule has 1 heterocycles. The van der Waals surface area contributed by atoms with Gasteiger partial charge in [-0.15, -0.1) is 23.1 Å². The van der Waals surface area contributed by atoms with Crippen molar-refractivity contribution in [2.45, 2.75) is 10.6 Å². The number of nitrogen functional groups attached to an aromatic ring is 1. The molecule has 0 bridgehead atoms. The van der Waals surface area contributed by atoms with Crippen molar-refractivity contribution >= 4 is 52.0 Å². The first-order chi connectivity index (χ1) is 7.65. The maximum absolute atomic E-state index is 5.85.